The van der Waals surface area contributed by atoms with E-state index in [0.29, 0.717) is 6.54 Å². The summed E-state index contributed by atoms with van der Waals surface area (Å²) in [5.41, 5.74) is 2.63. The second kappa shape index (κ2) is 12.7. The Hall–Kier alpha value is -3.35. The van der Waals surface area contributed by atoms with Gasteiger partial charge in [0.05, 0.1) is 30.5 Å². The summed E-state index contributed by atoms with van der Waals surface area (Å²) in [5.74, 6) is -2.22. The van der Waals surface area contributed by atoms with Crippen LogP contribution in [0.3, 0.4) is 0 Å². The summed E-state index contributed by atoms with van der Waals surface area (Å²) in [7, 11) is -3.58. The van der Waals surface area contributed by atoms with Crippen molar-refractivity contribution in [2.45, 2.75) is 44.9 Å². The van der Waals surface area contributed by atoms with Crippen molar-refractivity contribution in [2.24, 2.45) is 0 Å². The second-order valence-corrected chi connectivity index (χ2v) is 10.5. The van der Waals surface area contributed by atoms with Crippen molar-refractivity contribution >= 4 is 21.8 Å². The first-order valence-corrected chi connectivity index (χ1v) is 13.5. The third kappa shape index (κ3) is 9.56. The van der Waals surface area contributed by atoms with Gasteiger partial charge in [0.2, 0.25) is 21.8 Å². The minimum absolute atomic E-state index is 0.0334. The highest BCUT2D eigenvalue weighted by Gasteiger charge is 2.23. The normalized spacial score (nSPS) is 13.2. The highest BCUT2D eigenvalue weighted by molar-refractivity contribution is 7.92. The van der Waals surface area contributed by atoms with Crippen LogP contribution >= 0.6 is 0 Å². The van der Waals surface area contributed by atoms with Crippen molar-refractivity contribution in [1.29, 1.82) is 0 Å². The highest BCUT2D eigenvalue weighted by atomic mass is 32.2. The topological polar surface area (TPSA) is 134 Å². The predicted octanol–water partition coefficient (Wildman–Crippen LogP) is 2.31. The van der Waals surface area contributed by atoms with Gasteiger partial charge >= 0.3 is 0 Å². The summed E-state index contributed by atoms with van der Waals surface area (Å²) in [6.45, 7) is 2.64. The van der Waals surface area contributed by atoms with Crippen molar-refractivity contribution in [2.75, 3.05) is 17.5 Å². The van der Waals surface area contributed by atoms with Crippen molar-refractivity contribution in [3.8, 4) is 0 Å². The molecule has 37 heavy (non-hydrogen) atoms. The fraction of sp³-hybridized carbons (Fsp3) is 0.360. The van der Waals surface area contributed by atoms with Crippen LogP contribution in [-0.2, 0) is 40.6 Å². The number of hydrogen-bond donors (Lipinski definition) is 4. The first kappa shape index (κ1) is 28.2. The molecule has 0 bridgehead atoms. The van der Waals surface area contributed by atoms with E-state index in [4.69, 9.17) is 4.52 Å². The number of aliphatic hydroxyl groups is 1. The van der Waals surface area contributed by atoms with Gasteiger partial charge in [-0.25, -0.2) is 17.2 Å². The number of sulfonamides is 1. The van der Waals surface area contributed by atoms with E-state index in [9.17, 15) is 27.1 Å². The zero-order chi connectivity index (χ0) is 27.0. The van der Waals surface area contributed by atoms with Crippen molar-refractivity contribution < 1.29 is 31.6 Å². The van der Waals surface area contributed by atoms with Gasteiger partial charge in [0.15, 0.2) is 0 Å². The van der Waals surface area contributed by atoms with Crippen LogP contribution in [0.25, 0.3) is 0 Å². The number of carbonyl (C=O) groups is 1. The lowest BCUT2D eigenvalue weighted by molar-refractivity contribution is -0.122. The van der Waals surface area contributed by atoms with E-state index in [1.165, 1.54) is 11.6 Å². The first-order valence-electron chi connectivity index (χ1n) is 11.6. The molecule has 1 aromatic heterocycles. The van der Waals surface area contributed by atoms with Crippen LogP contribution in [0.1, 0.15) is 29.3 Å². The van der Waals surface area contributed by atoms with Crippen LogP contribution in [0.4, 0.5) is 14.7 Å². The number of aliphatic hydroxyl groups excluding tert-OH is 1. The molecule has 3 aromatic rings. The van der Waals surface area contributed by atoms with Gasteiger partial charge in [0.1, 0.15) is 11.6 Å². The molecular weight excluding hydrogens is 506 g/mol. The number of anilines is 1. The molecule has 1 amide bonds. The number of carbonyl (C=O) groups excluding carboxylic acids is 1. The number of nitrogens with zero attached hydrogens (tertiary/aromatic N) is 1. The largest absolute Gasteiger partial charge is 0.390 e. The summed E-state index contributed by atoms with van der Waals surface area (Å²) in [4.78, 5) is 12.7. The van der Waals surface area contributed by atoms with E-state index in [1.54, 1.807) is 0 Å². The van der Waals surface area contributed by atoms with Crippen molar-refractivity contribution in [1.82, 2.24) is 15.8 Å². The first-order chi connectivity index (χ1) is 17.5. The molecule has 0 saturated heterocycles. The van der Waals surface area contributed by atoms with E-state index in [1.807, 2.05) is 18.2 Å². The quantitative estimate of drug-likeness (QED) is 0.263. The number of nitrogens with one attached hydrogen (secondary N) is 3. The van der Waals surface area contributed by atoms with Crippen LogP contribution in [0, 0.1) is 11.6 Å². The van der Waals surface area contributed by atoms with Gasteiger partial charge < -0.3 is 20.3 Å². The summed E-state index contributed by atoms with van der Waals surface area (Å²) >= 11 is 0. The summed E-state index contributed by atoms with van der Waals surface area (Å²) in [6.07, 6.45) is 0.440. The summed E-state index contributed by atoms with van der Waals surface area (Å²) < 4.78 is 57.1. The van der Waals surface area contributed by atoms with Gasteiger partial charge in [0.25, 0.3) is 0 Å². The van der Waals surface area contributed by atoms with Crippen LogP contribution in [0.2, 0.25) is 0 Å². The zero-order valence-corrected chi connectivity index (χ0v) is 21.3. The average Bonchev–Trinajstić information content (AvgIpc) is 3.22. The molecule has 0 aliphatic carbocycles. The molecule has 0 saturated carbocycles. The Labute approximate surface area is 214 Å². The molecule has 1 heterocycles. The Morgan fingerprint density at radius 1 is 1.08 bits per heavy atom. The molecule has 0 fully saturated rings. The summed E-state index contributed by atoms with van der Waals surface area (Å²) in [5, 5.41) is 20.3. The predicted molar refractivity (Wildman–Crippen MR) is 134 cm³/mol. The number of aryl methyl sites for hydroxylation is 1. The van der Waals surface area contributed by atoms with Crippen molar-refractivity contribution in [3.05, 3.63) is 82.5 Å². The van der Waals surface area contributed by atoms with E-state index in [0.717, 1.165) is 36.4 Å². The highest BCUT2D eigenvalue weighted by Crippen LogP contribution is 2.14. The summed E-state index contributed by atoms with van der Waals surface area (Å²) in [6, 6.07) is 11.4. The molecule has 0 aliphatic heterocycles. The second-order valence-electron chi connectivity index (χ2n) is 8.76. The molecule has 3 rings (SSSR count). The smallest absolute Gasteiger partial charge is 0.238 e. The maximum Gasteiger partial charge on any atom is 0.238 e. The maximum atomic E-state index is 13.7. The Morgan fingerprint density at radius 2 is 1.78 bits per heavy atom. The maximum absolute atomic E-state index is 13.7. The minimum Gasteiger partial charge on any atom is -0.390 e. The minimum atomic E-state index is -3.58. The van der Waals surface area contributed by atoms with Gasteiger partial charge in [-0.1, -0.05) is 36.3 Å². The van der Waals surface area contributed by atoms with Gasteiger partial charge in [-0.05, 0) is 41.7 Å². The molecule has 0 unspecified atom stereocenters. The number of hydrogen-bond acceptors (Lipinski definition) is 7. The lowest BCUT2D eigenvalue weighted by Gasteiger charge is -2.25. The van der Waals surface area contributed by atoms with Crippen LogP contribution in [0.15, 0.2) is 53.1 Å². The van der Waals surface area contributed by atoms with Crippen molar-refractivity contribution in [3.63, 3.8) is 0 Å². The Kier molecular flexibility index (Phi) is 9.73. The van der Waals surface area contributed by atoms with Gasteiger partial charge in [-0.15, -0.1) is 0 Å². The number of benzene rings is 2. The molecule has 0 radical (unpaired) electrons. The van der Waals surface area contributed by atoms with Crippen LogP contribution in [-0.4, -0.2) is 49.5 Å². The number of halogens is 2. The third-order valence-corrected chi connectivity index (χ3v) is 6.03. The lowest BCUT2D eigenvalue weighted by Crippen LogP contribution is -2.49. The third-order valence-electron chi connectivity index (χ3n) is 5.46. The van der Waals surface area contributed by atoms with Gasteiger partial charge in [-0.3, -0.25) is 9.52 Å². The fourth-order valence-electron chi connectivity index (χ4n) is 3.78. The lowest BCUT2D eigenvalue weighted by atomic mass is 10.00. The fourth-order valence-corrected chi connectivity index (χ4v) is 4.24. The van der Waals surface area contributed by atoms with E-state index in [-0.39, 0.29) is 36.5 Å². The zero-order valence-electron chi connectivity index (χ0n) is 20.5. The Balaban J connectivity index is 1.66. The average molecular weight is 537 g/mol. The van der Waals surface area contributed by atoms with E-state index < -0.39 is 39.7 Å². The standard InChI is InChI=1S/C25H30F2N4O5S/c1-3-16-5-4-6-17(7-16)14-28-15-23(32)22(10-18-8-19(26)11-20(27)9-18)29-24(33)12-21-13-25(36-30-21)31-37(2,34)35/h4-9,11,13,22-23,28,31-32H,3,10,12,14-15H2,1-2H3,(H,29,33)/t22-,23+/m0/s1. The molecule has 200 valence electrons. The molecule has 0 aliphatic rings. The molecule has 12 heteroatoms. The van der Waals surface area contributed by atoms with Crippen LogP contribution < -0.4 is 15.4 Å². The van der Waals surface area contributed by atoms with Crippen LogP contribution in [0.5, 0.6) is 0 Å². The van der Waals surface area contributed by atoms with Gasteiger partial charge in [0, 0.05) is 25.2 Å². The van der Waals surface area contributed by atoms with E-state index in [2.05, 4.69) is 33.5 Å². The van der Waals surface area contributed by atoms with E-state index >= 15 is 0 Å². The molecule has 2 aromatic carbocycles. The Bertz CT molecular complexity index is 1300. The number of amides is 1. The SMILES string of the molecule is CCc1cccc(CNC[C@@H](O)[C@H](Cc2cc(F)cc(F)c2)NC(=O)Cc2cc(NS(C)(=O)=O)on2)c1. The molecule has 0 spiro atoms. The molecular formula is C25H30F2N4O5S. The monoisotopic (exact) mass is 536 g/mol. The Morgan fingerprint density at radius 3 is 2.46 bits per heavy atom. The number of rotatable bonds is 13. The molecule has 4 N–H and O–H groups in total. The number of aromatic nitrogens is 1. The van der Waals surface area contributed by atoms with Gasteiger partial charge in [-0.2, -0.15) is 0 Å². The molecule has 2 atom stereocenters. The molecule has 9 nitrogen and oxygen atoms in total.